The van der Waals surface area contributed by atoms with E-state index in [0.29, 0.717) is 0 Å². The van der Waals surface area contributed by atoms with Crippen LogP contribution in [0.5, 0.6) is 0 Å². The SMILES string of the molecule is O=C(O)c1cccc(Cl)c1NS(=O)(=O)c1cccnc1. The summed E-state index contributed by atoms with van der Waals surface area (Å²) in [4.78, 5) is 14.7. The fourth-order valence-electron chi connectivity index (χ4n) is 1.51. The maximum Gasteiger partial charge on any atom is 0.337 e. The predicted octanol–water partition coefficient (Wildman–Crippen LogP) is 2.23. The molecule has 2 aromatic rings. The first-order chi connectivity index (χ1) is 9.42. The number of carboxylic acids is 1. The lowest BCUT2D eigenvalue weighted by atomic mass is 10.2. The Morgan fingerprint density at radius 3 is 2.60 bits per heavy atom. The number of sulfonamides is 1. The van der Waals surface area contributed by atoms with Crippen molar-refractivity contribution in [3.05, 3.63) is 53.3 Å². The maximum absolute atomic E-state index is 12.1. The maximum atomic E-state index is 12.1. The van der Waals surface area contributed by atoms with Crippen LogP contribution in [-0.2, 0) is 10.0 Å². The molecule has 0 aliphatic carbocycles. The van der Waals surface area contributed by atoms with Crippen molar-refractivity contribution < 1.29 is 18.3 Å². The molecular weight excluding hydrogens is 304 g/mol. The van der Waals surface area contributed by atoms with E-state index < -0.39 is 16.0 Å². The number of hydrogen-bond donors (Lipinski definition) is 2. The number of carbonyl (C=O) groups is 1. The van der Waals surface area contributed by atoms with Crippen LogP contribution in [0.2, 0.25) is 5.02 Å². The number of carboxylic acid groups (broad SMARTS) is 1. The summed E-state index contributed by atoms with van der Waals surface area (Å²) in [5.41, 5.74) is -0.407. The van der Waals surface area contributed by atoms with E-state index in [2.05, 4.69) is 9.71 Å². The predicted molar refractivity (Wildman–Crippen MR) is 73.5 cm³/mol. The van der Waals surface area contributed by atoms with E-state index >= 15 is 0 Å². The summed E-state index contributed by atoms with van der Waals surface area (Å²) in [6, 6.07) is 6.88. The van der Waals surface area contributed by atoms with Gasteiger partial charge in [0.15, 0.2) is 0 Å². The molecule has 0 radical (unpaired) electrons. The van der Waals surface area contributed by atoms with Gasteiger partial charge in [-0.2, -0.15) is 0 Å². The van der Waals surface area contributed by atoms with Crippen LogP contribution >= 0.6 is 11.6 Å². The molecule has 1 aromatic carbocycles. The first-order valence-corrected chi connectivity index (χ1v) is 7.22. The molecule has 0 unspecified atom stereocenters. The second-order valence-electron chi connectivity index (χ2n) is 3.76. The average molecular weight is 313 g/mol. The lowest BCUT2D eigenvalue weighted by molar-refractivity contribution is 0.0698. The molecule has 0 saturated heterocycles. The molecule has 0 amide bonds. The highest BCUT2D eigenvalue weighted by molar-refractivity contribution is 7.92. The highest BCUT2D eigenvalue weighted by Gasteiger charge is 2.20. The number of aromatic nitrogens is 1. The number of anilines is 1. The third-order valence-electron chi connectivity index (χ3n) is 2.43. The highest BCUT2D eigenvalue weighted by Crippen LogP contribution is 2.28. The summed E-state index contributed by atoms with van der Waals surface area (Å²) in [6.45, 7) is 0. The molecule has 104 valence electrons. The van der Waals surface area contributed by atoms with Gasteiger partial charge in [0.2, 0.25) is 0 Å². The summed E-state index contributed by atoms with van der Waals surface area (Å²) < 4.78 is 26.4. The van der Waals surface area contributed by atoms with Gasteiger partial charge >= 0.3 is 5.97 Å². The average Bonchev–Trinajstić information content (AvgIpc) is 2.41. The monoisotopic (exact) mass is 312 g/mol. The Bertz CT molecular complexity index is 747. The molecule has 0 saturated carbocycles. The number of pyridine rings is 1. The van der Waals surface area contributed by atoms with Gasteiger partial charge in [-0.1, -0.05) is 17.7 Å². The van der Waals surface area contributed by atoms with Crippen LogP contribution in [0, 0.1) is 0 Å². The first-order valence-electron chi connectivity index (χ1n) is 5.36. The Labute approximate surface area is 120 Å². The largest absolute Gasteiger partial charge is 0.478 e. The zero-order valence-corrected chi connectivity index (χ0v) is 11.5. The number of rotatable bonds is 4. The molecule has 0 fully saturated rings. The molecule has 0 aliphatic rings. The standard InChI is InChI=1S/C12H9ClN2O4S/c13-10-5-1-4-9(12(16)17)11(10)15-20(18,19)8-3-2-6-14-7-8/h1-7,15H,(H,16,17). The van der Waals surface area contributed by atoms with Crippen LogP contribution < -0.4 is 4.72 Å². The lowest BCUT2D eigenvalue weighted by Gasteiger charge is -2.11. The van der Waals surface area contributed by atoms with E-state index in [4.69, 9.17) is 16.7 Å². The van der Waals surface area contributed by atoms with Crippen LogP contribution in [0.25, 0.3) is 0 Å². The Balaban J connectivity index is 2.48. The highest BCUT2D eigenvalue weighted by atomic mass is 35.5. The lowest BCUT2D eigenvalue weighted by Crippen LogP contribution is -2.16. The van der Waals surface area contributed by atoms with Gasteiger partial charge in [0.05, 0.1) is 16.3 Å². The van der Waals surface area contributed by atoms with Crippen LogP contribution in [0.1, 0.15) is 10.4 Å². The first kappa shape index (κ1) is 14.3. The van der Waals surface area contributed by atoms with Gasteiger partial charge in [-0.05, 0) is 24.3 Å². The third-order valence-corrected chi connectivity index (χ3v) is 4.08. The van der Waals surface area contributed by atoms with Crippen molar-refractivity contribution in [1.82, 2.24) is 4.98 Å². The van der Waals surface area contributed by atoms with Crippen LogP contribution in [0.15, 0.2) is 47.6 Å². The number of halogens is 1. The van der Waals surface area contributed by atoms with Crippen molar-refractivity contribution in [2.45, 2.75) is 4.90 Å². The number of aromatic carboxylic acids is 1. The molecule has 0 atom stereocenters. The van der Waals surface area contributed by atoms with E-state index in [1.165, 1.54) is 36.5 Å². The minimum absolute atomic E-state index is 0.00244. The Morgan fingerprint density at radius 1 is 1.25 bits per heavy atom. The summed E-state index contributed by atoms with van der Waals surface area (Å²) in [6.07, 6.45) is 2.58. The van der Waals surface area contributed by atoms with E-state index in [0.717, 1.165) is 6.20 Å². The van der Waals surface area contributed by atoms with Gasteiger partial charge in [0.1, 0.15) is 4.90 Å². The van der Waals surface area contributed by atoms with Crippen molar-refractivity contribution in [3.63, 3.8) is 0 Å². The third kappa shape index (κ3) is 2.89. The topological polar surface area (TPSA) is 96.4 Å². The number of hydrogen-bond acceptors (Lipinski definition) is 4. The van der Waals surface area contributed by atoms with Gasteiger partial charge < -0.3 is 5.11 Å². The number of nitrogens with zero attached hydrogens (tertiary/aromatic N) is 1. The van der Waals surface area contributed by atoms with E-state index in [-0.39, 0.29) is 21.2 Å². The number of para-hydroxylation sites is 1. The smallest absolute Gasteiger partial charge is 0.337 e. The molecule has 2 N–H and O–H groups in total. The van der Waals surface area contributed by atoms with E-state index in [1.807, 2.05) is 0 Å². The summed E-state index contributed by atoms with van der Waals surface area (Å²) in [5, 5.41) is 9.05. The molecule has 2 rings (SSSR count). The fourth-order valence-corrected chi connectivity index (χ4v) is 2.85. The van der Waals surface area contributed by atoms with Gasteiger partial charge in [0, 0.05) is 12.4 Å². The molecule has 6 nitrogen and oxygen atoms in total. The van der Waals surface area contributed by atoms with Crippen molar-refractivity contribution in [3.8, 4) is 0 Å². The Hall–Kier alpha value is -2.12. The second kappa shape index (κ2) is 5.48. The molecule has 8 heteroatoms. The van der Waals surface area contributed by atoms with Crippen molar-refractivity contribution in [1.29, 1.82) is 0 Å². The van der Waals surface area contributed by atoms with E-state index in [1.54, 1.807) is 0 Å². The normalized spacial score (nSPS) is 11.1. The van der Waals surface area contributed by atoms with Gasteiger partial charge in [-0.25, -0.2) is 13.2 Å². The molecule has 0 aliphatic heterocycles. The van der Waals surface area contributed by atoms with Crippen LogP contribution in [0.3, 0.4) is 0 Å². The number of benzene rings is 1. The Morgan fingerprint density at radius 2 is 2.00 bits per heavy atom. The number of nitrogens with one attached hydrogen (secondary N) is 1. The van der Waals surface area contributed by atoms with Crippen molar-refractivity contribution in [2.75, 3.05) is 4.72 Å². The van der Waals surface area contributed by atoms with Gasteiger partial charge in [0.25, 0.3) is 10.0 Å². The second-order valence-corrected chi connectivity index (χ2v) is 5.85. The molecule has 0 spiro atoms. The fraction of sp³-hybridized carbons (Fsp3) is 0. The molecular formula is C12H9ClN2O4S. The zero-order chi connectivity index (χ0) is 14.8. The quantitative estimate of drug-likeness (QED) is 0.902. The van der Waals surface area contributed by atoms with Crippen LogP contribution in [0.4, 0.5) is 5.69 Å². The summed E-state index contributed by atoms with van der Waals surface area (Å²) in [5.74, 6) is -1.28. The zero-order valence-electron chi connectivity index (χ0n) is 9.95. The van der Waals surface area contributed by atoms with Crippen LogP contribution in [-0.4, -0.2) is 24.5 Å². The minimum Gasteiger partial charge on any atom is -0.478 e. The van der Waals surface area contributed by atoms with Crippen molar-refractivity contribution >= 4 is 33.3 Å². The molecule has 1 heterocycles. The molecule has 1 aromatic heterocycles. The molecule has 20 heavy (non-hydrogen) atoms. The van der Waals surface area contributed by atoms with Gasteiger partial charge in [-0.15, -0.1) is 0 Å². The van der Waals surface area contributed by atoms with Gasteiger partial charge in [-0.3, -0.25) is 9.71 Å². The van der Waals surface area contributed by atoms with Crippen molar-refractivity contribution in [2.24, 2.45) is 0 Å². The summed E-state index contributed by atoms with van der Waals surface area (Å²) in [7, 11) is -3.95. The van der Waals surface area contributed by atoms with E-state index in [9.17, 15) is 13.2 Å². The minimum atomic E-state index is -3.95. The molecule has 0 bridgehead atoms. The summed E-state index contributed by atoms with van der Waals surface area (Å²) >= 11 is 5.86. The Kier molecular flexibility index (Phi) is 3.91.